The first-order valence-corrected chi connectivity index (χ1v) is 31.9. The average molecular weight is 1460 g/mol. The lowest BCUT2D eigenvalue weighted by atomic mass is 10.0. The van der Waals surface area contributed by atoms with Crippen LogP contribution in [0.1, 0.15) is 131 Å². The number of hydrogen-bond donors (Lipinski definition) is 25. The number of aliphatic carboxylic acids is 4. The van der Waals surface area contributed by atoms with E-state index in [9.17, 15) is 122 Å². The lowest BCUT2D eigenvalue weighted by Gasteiger charge is -2.27. The Morgan fingerprint density at radius 1 is 0.392 bits per heavy atom. The number of nitrogens with one attached hydrogen (secondary N) is 14. The highest BCUT2D eigenvalue weighted by atomic mass is 16.4. The van der Waals surface area contributed by atoms with Gasteiger partial charge in [-0.1, -0.05) is 27.7 Å². The third-order valence-corrected chi connectivity index (χ3v) is 14.5. The predicted octanol–water partition coefficient (Wildman–Crippen LogP) is -10.8. The molecular weight excluding hydrogens is 1360 g/mol. The highest BCUT2D eigenvalue weighted by Crippen LogP contribution is 2.12. The van der Waals surface area contributed by atoms with Crippen molar-refractivity contribution in [2.45, 2.75) is 210 Å². The average Bonchev–Trinajstić information content (AvgIpc) is 0.863. The maximum absolute atomic E-state index is 13.9. The Morgan fingerprint density at radius 3 is 1.14 bits per heavy atom. The molecule has 30 N–H and O–H groups in total. The summed E-state index contributed by atoms with van der Waals surface area (Å²) in [6, 6.07) is -20.8. The van der Waals surface area contributed by atoms with Crippen LogP contribution in [0.2, 0.25) is 0 Å². The Balaban J connectivity index is 6.60. The number of amides is 15. The van der Waals surface area contributed by atoms with E-state index < -0.39 is 293 Å². The molecule has 0 fully saturated rings. The van der Waals surface area contributed by atoms with Crippen LogP contribution in [0.5, 0.6) is 0 Å². The van der Waals surface area contributed by atoms with Crippen LogP contribution in [0.15, 0.2) is 0 Å². The Labute approximate surface area is 583 Å². The molecule has 0 unspecified atom stereocenters. The summed E-state index contributed by atoms with van der Waals surface area (Å²) < 4.78 is 0. The number of carbonyl (C=O) groups is 19. The van der Waals surface area contributed by atoms with Gasteiger partial charge in [0.2, 0.25) is 88.6 Å². The van der Waals surface area contributed by atoms with Crippen LogP contribution in [0.3, 0.4) is 0 Å². The molecule has 0 aromatic heterocycles. The smallest absolute Gasteiger partial charge is 0.303 e. The van der Waals surface area contributed by atoms with Gasteiger partial charge in [-0.05, 0) is 77.0 Å². The van der Waals surface area contributed by atoms with E-state index in [2.05, 4.69) is 69.1 Å². The normalized spacial score (nSPS) is 14.8. The Bertz CT molecular complexity index is 3020. The summed E-state index contributed by atoms with van der Waals surface area (Å²) in [6.07, 6.45) is -9.97. The van der Waals surface area contributed by atoms with Crippen LogP contribution in [0.25, 0.3) is 0 Å². The van der Waals surface area contributed by atoms with Gasteiger partial charge in [-0.2, -0.15) is 0 Å². The van der Waals surface area contributed by atoms with E-state index in [1.807, 2.05) is 0 Å². The molecule has 0 aliphatic carbocycles. The number of rotatable bonds is 51. The van der Waals surface area contributed by atoms with Gasteiger partial charge in [0.1, 0.15) is 66.5 Å². The molecule has 0 rings (SSSR count). The van der Waals surface area contributed by atoms with E-state index in [1.165, 1.54) is 0 Å². The van der Waals surface area contributed by atoms with Crippen molar-refractivity contribution in [1.29, 1.82) is 5.41 Å². The second-order valence-corrected chi connectivity index (χ2v) is 24.2. The lowest BCUT2D eigenvalue weighted by molar-refractivity contribution is -0.140. The number of carbonyl (C=O) groups excluding carboxylic acids is 15. The number of carboxylic acid groups (broad SMARTS) is 4. The molecule has 15 amide bonds. The van der Waals surface area contributed by atoms with Crippen molar-refractivity contribution in [2.75, 3.05) is 19.7 Å². The van der Waals surface area contributed by atoms with Crippen LogP contribution in [0, 0.1) is 17.2 Å². The Morgan fingerprint density at radius 2 is 0.755 bits per heavy atom. The summed E-state index contributed by atoms with van der Waals surface area (Å²) in [6.45, 7) is 6.32. The van der Waals surface area contributed by atoms with E-state index in [0.717, 1.165) is 13.8 Å². The van der Waals surface area contributed by atoms with Crippen molar-refractivity contribution in [3.63, 3.8) is 0 Å². The van der Waals surface area contributed by atoms with E-state index in [4.69, 9.17) is 34.1 Å². The second kappa shape index (κ2) is 46.4. The molecule has 0 aliphatic heterocycles. The summed E-state index contributed by atoms with van der Waals surface area (Å²) in [4.78, 5) is 245. The van der Waals surface area contributed by atoms with Crippen molar-refractivity contribution in [1.82, 2.24) is 69.1 Å². The number of carboxylic acids is 4. The zero-order valence-corrected chi connectivity index (χ0v) is 57.0. The van der Waals surface area contributed by atoms with E-state index in [0.29, 0.717) is 0 Å². The van der Waals surface area contributed by atoms with Gasteiger partial charge in [-0.3, -0.25) is 96.5 Å². The SMILES string of the molecule is CC(C)C[C@H](NC(=O)[C@H](CCC(=O)O)NC(=O)[C@H](C)NC(=O)CNC(=O)[C@H](CCC(N)=O)NC(=O)[C@H](CCC(=O)O)NC(=O)[C@@H](NC(=O)[C@@H](N)C(C)C)[C@@H](C)O)C(=O)N[C@@H](CO)C(=O)N[C@@H](CC(N)=O)C(=O)N[C@@H](CCC(=O)O)C(=O)N[C@@H](CCC(=O)O)C(=O)N[C@@H](CCCNC(=N)N)C(N)=O. The van der Waals surface area contributed by atoms with E-state index in [-0.39, 0.29) is 25.8 Å². The number of nitrogens with two attached hydrogens (primary N) is 5. The van der Waals surface area contributed by atoms with Gasteiger partial charge < -0.3 is 128 Å². The fourth-order valence-electron chi connectivity index (χ4n) is 8.89. The van der Waals surface area contributed by atoms with Crippen molar-refractivity contribution >= 4 is 118 Å². The van der Waals surface area contributed by atoms with E-state index >= 15 is 0 Å². The van der Waals surface area contributed by atoms with Crippen molar-refractivity contribution in [3.05, 3.63) is 0 Å². The number of aliphatic hydroxyl groups is 2. The predicted molar refractivity (Wildman–Crippen MR) is 349 cm³/mol. The second-order valence-electron chi connectivity index (χ2n) is 24.2. The zero-order valence-electron chi connectivity index (χ0n) is 57.0. The zero-order chi connectivity index (χ0) is 78.4. The standard InChI is InChI=1S/C58H97N19O25/c1-24(2)20-34(53(98)76-36(23-78)55(100)75-35(21-38(60)81)54(99)72-32(12-17-42(87)88)50(95)71-31(11-16-41(85)86)49(94)68-28(46(62)91)8-7-19-65-58(63)64)74-52(97)30(10-15-40(83)84)69-47(92)26(5)67-39(82)22-66-48(93)29(9-14-37(59)80)70-51(96)33(13-18-43(89)90)73-57(102)45(27(6)79)77-56(101)44(61)25(3)4/h24-36,44-45,78-79H,7-23,61H2,1-6H3,(H2,59,80)(H2,60,81)(H2,62,91)(H,66,93)(H,67,82)(H,68,94)(H,69,92)(H,70,96)(H,71,95)(H,72,99)(H,73,102)(H,74,97)(H,75,100)(H,76,98)(H,77,101)(H,83,84)(H,85,86)(H,87,88)(H,89,90)(H4,63,64,65)/t26-,27+,28-,29-,30-,31-,32-,33-,34-,35-,36-,44-,45-/m0/s1. The third kappa shape index (κ3) is 37.3. The van der Waals surface area contributed by atoms with Gasteiger partial charge in [0.15, 0.2) is 5.96 Å². The molecule has 0 radical (unpaired) electrons. The number of guanidine groups is 1. The minimum atomic E-state index is -2.10. The molecule has 574 valence electrons. The van der Waals surface area contributed by atoms with Gasteiger partial charge in [0, 0.05) is 38.6 Å². The minimum absolute atomic E-state index is 0.0536. The molecule has 0 saturated heterocycles. The topological polar surface area (TPSA) is 756 Å². The maximum atomic E-state index is 13.9. The van der Waals surface area contributed by atoms with Gasteiger partial charge in [-0.25, -0.2) is 0 Å². The van der Waals surface area contributed by atoms with Gasteiger partial charge in [0.25, 0.3) is 0 Å². The van der Waals surface area contributed by atoms with E-state index in [1.54, 1.807) is 27.7 Å². The first-order valence-electron chi connectivity index (χ1n) is 31.9. The highest BCUT2D eigenvalue weighted by molar-refractivity contribution is 6.00. The van der Waals surface area contributed by atoms with Gasteiger partial charge in [-0.15, -0.1) is 0 Å². The van der Waals surface area contributed by atoms with Gasteiger partial charge in [0.05, 0.1) is 31.7 Å². The fraction of sp³-hybridized carbons (Fsp3) is 0.655. The molecule has 0 saturated carbocycles. The fourth-order valence-corrected chi connectivity index (χ4v) is 8.89. The molecule has 13 atom stereocenters. The molecule has 0 bridgehead atoms. The summed E-state index contributed by atoms with van der Waals surface area (Å²) in [5, 5.41) is 94.5. The Kier molecular flexibility index (Phi) is 41.5. The first-order chi connectivity index (χ1) is 47.4. The van der Waals surface area contributed by atoms with Crippen LogP contribution in [-0.4, -0.2) is 247 Å². The molecular formula is C58H97N19O25. The monoisotopic (exact) mass is 1460 g/mol. The molecule has 102 heavy (non-hydrogen) atoms. The lowest BCUT2D eigenvalue weighted by Crippen LogP contribution is -2.61. The molecule has 0 aromatic carbocycles. The Hall–Kier alpha value is -10.9. The van der Waals surface area contributed by atoms with Crippen LogP contribution in [-0.2, 0) is 91.1 Å². The highest BCUT2D eigenvalue weighted by Gasteiger charge is 2.38. The molecule has 44 heteroatoms. The molecule has 0 aliphatic rings. The van der Waals surface area contributed by atoms with Crippen LogP contribution >= 0.6 is 0 Å². The van der Waals surface area contributed by atoms with Crippen molar-refractivity contribution in [2.24, 2.45) is 40.5 Å². The van der Waals surface area contributed by atoms with Crippen LogP contribution in [0.4, 0.5) is 0 Å². The quantitative estimate of drug-likeness (QED) is 0.0153. The summed E-state index contributed by atoms with van der Waals surface area (Å²) in [5.74, 6) is -25.1. The summed E-state index contributed by atoms with van der Waals surface area (Å²) in [5.41, 5.74) is 27.1. The molecule has 0 spiro atoms. The number of primary amides is 3. The third-order valence-electron chi connectivity index (χ3n) is 14.5. The molecule has 0 heterocycles. The minimum Gasteiger partial charge on any atom is -0.481 e. The number of hydrogen-bond acceptors (Lipinski definition) is 23. The van der Waals surface area contributed by atoms with Crippen molar-refractivity contribution in [3.8, 4) is 0 Å². The van der Waals surface area contributed by atoms with Crippen LogP contribution < -0.4 is 97.8 Å². The van der Waals surface area contributed by atoms with Gasteiger partial charge >= 0.3 is 23.9 Å². The molecule has 0 aromatic rings. The van der Waals surface area contributed by atoms with Crippen molar-refractivity contribution < 1.29 is 122 Å². The largest absolute Gasteiger partial charge is 0.481 e. The first kappa shape index (κ1) is 91.1. The summed E-state index contributed by atoms with van der Waals surface area (Å²) >= 11 is 0. The molecule has 44 nitrogen and oxygen atoms in total. The number of aliphatic hydroxyl groups excluding tert-OH is 2. The maximum Gasteiger partial charge on any atom is 0.303 e. The summed E-state index contributed by atoms with van der Waals surface area (Å²) in [7, 11) is 0.